The lowest BCUT2D eigenvalue weighted by Gasteiger charge is -2.04. The van der Waals surface area contributed by atoms with E-state index in [0.717, 1.165) is 11.3 Å². The van der Waals surface area contributed by atoms with Crippen molar-refractivity contribution in [2.75, 3.05) is 0 Å². The molecule has 3 aliphatic carbocycles. The van der Waals surface area contributed by atoms with E-state index in [0.29, 0.717) is 0 Å². The Morgan fingerprint density at radius 2 is 2.11 bits per heavy atom. The Morgan fingerprint density at radius 3 is 2.56 bits per heavy atom. The van der Waals surface area contributed by atoms with E-state index < -0.39 is 0 Å². The molecule has 0 saturated heterocycles. The van der Waals surface area contributed by atoms with Gasteiger partial charge in [-0.15, -0.1) is 0 Å². The van der Waals surface area contributed by atoms with E-state index in [1.165, 1.54) is 17.8 Å². The molecule has 50 valence electrons. The average molecular weight is 122 g/mol. The van der Waals surface area contributed by atoms with Gasteiger partial charge in [0.15, 0.2) is 0 Å². The molecule has 3 fully saturated rings. The minimum Gasteiger partial charge on any atom is -0.0619 e. The number of rotatable bonds is 0. The third-order valence-corrected chi connectivity index (χ3v) is 4.22. The van der Waals surface area contributed by atoms with Gasteiger partial charge in [0.25, 0.3) is 0 Å². The van der Waals surface area contributed by atoms with E-state index in [1.54, 1.807) is 12.8 Å². The quantitative estimate of drug-likeness (QED) is 0.462. The van der Waals surface area contributed by atoms with Crippen LogP contribution < -0.4 is 0 Å². The van der Waals surface area contributed by atoms with Gasteiger partial charge in [0.1, 0.15) is 0 Å². The zero-order chi connectivity index (χ0) is 6.22. The zero-order valence-corrected chi connectivity index (χ0v) is 6.22. The Morgan fingerprint density at radius 1 is 1.33 bits per heavy atom. The van der Waals surface area contributed by atoms with Gasteiger partial charge in [-0.25, -0.2) is 0 Å². The van der Waals surface area contributed by atoms with E-state index in [-0.39, 0.29) is 0 Å². The van der Waals surface area contributed by atoms with Gasteiger partial charge in [-0.3, -0.25) is 0 Å². The van der Waals surface area contributed by atoms with Crippen LogP contribution in [0.2, 0.25) is 0 Å². The minimum absolute atomic E-state index is 0.863. The molecule has 3 aliphatic rings. The number of fused-ring (bicyclic) bond motifs is 3. The van der Waals surface area contributed by atoms with Gasteiger partial charge in [-0.05, 0) is 41.9 Å². The van der Waals surface area contributed by atoms with Crippen LogP contribution in [0, 0.1) is 29.1 Å². The molecule has 0 aromatic carbocycles. The van der Waals surface area contributed by atoms with Crippen LogP contribution in [-0.4, -0.2) is 0 Å². The summed E-state index contributed by atoms with van der Waals surface area (Å²) in [6.07, 6.45) is 3.14. The van der Waals surface area contributed by atoms with Crippen molar-refractivity contribution in [3.63, 3.8) is 0 Å². The summed E-state index contributed by atoms with van der Waals surface area (Å²) in [6.45, 7) is 4.92. The van der Waals surface area contributed by atoms with Crippen molar-refractivity contribution in [2.45, 2.75) is 26.7 Å². The van der Waals surface area contributed by atoms with Crippen molar-refractivity contribution in [1.29, 1.82) is 0 Å². The molecule has 0 radical (unpaired) electrons. The molecule has 0 aromatic rings. The molecule has 0 spiro atoms. The van der Waals surface area contributed by atoms with E-state index in [9.17, 15) is 0 Å². The van der Waals surface area contributed by atoms with Crippen LogP contribution >= 0.6 is 0 Å². The van der Waals surface area contributed by atoms with Gasteiger partial charge in [0.05, 0.1) is 0 Å². The summed E-state index contributed by atoms with van der Waals surface area (Å²) in [7, 11) is 0. The van der Waals surface area contributed by atoms with Gasteiger partial charge in [0.2, 0.25) is 0 Å². The third kappa shape index (κ3) is 0.367. The van der Waals surface area contributed by atoms with Crippen molar-refractivity contribution in [3.05, 3.63) is 0 Å². The lowest BCUT2D eigenvalue weighted by atomic mass is 10.0. The SMILES string of the molecule is CC1C2CC3(C)CC3C12. The lowest BCUT2D eigenvalue weighted by Crippen LogP contribution is -1.95. The fraction of sp³-hybridized carbons (Fsp3) is 1.00. The minimum atomic E-state index is 0.863. The lowest BCUT2D eigenvalue weighted by molar-refractivity contribution is 0.457. The van der Waals surface area contributed by atoms with Gasteiger partial charge < -0.3 is 0 Å². The Kier molecular flexibility index (Phi) is 0.518. The number of hydrogen-bond donors (Lipinski definition) is 0. The molecular weight excluding hydrogens is 108 g/mol. The molecule has 5 unspecified atom stereocenters. The fourth-order valence-electron chi connectivity index (χ4n) is 3.38. The summed E-state index contributed by atoms with van der Waals surface area (Å²) in [6, 6.07) is 0. The first kappa shape index (κ1) is 4.76. The summed E-state index contributed by atoms with van der Waals surface area (Å²) in [5, 5.41) is 0. The molecule has 3 rings (SSSR count). The topological polar surface area (TPSA) is 0 Å². The van der Waals surface area contributed by atoms with Crippen molar-refractivity contribution in [3.8, 4) is 0 Å². The van der Waals surface area contributed by atoms with Crippen LogP contribution in [0.25, 0.3) is 0 Å². The van der Waals surface area contributed by atoms with E-state index >= 15 is 0 Å². The summed E-state index contributed by atoms with van der Waals surface area (Å²) >= 11 is 0. The summed E-state index contributed by atoms with van der Waals surface area (Å²) in [5.74, 6) is 4.66. The molecule has 0 heteroatoms. The molecule has 0 heterocycles. The smallest absolute Gasteiger partial charge is 0.0289 e. The average Bonchev–Trinajstić information content (AvgIpc) is 2.55. The molecular formula is C9H14. The first-order valence-corrected chi connectivity index (χ1v) is 4.22. The molecule has 5 atom stereocenters. The van der Waals surface area contributed by atoms with Gasteiger partial charge in [-0.1, -0.05) is 13.8 Å². The first-order valence-electron chi connectivity index (χ1n) is 4.22. The van der Waals surface area contributed by atoms with E-state index in [4.69, 9.17) is 0 Å². The molecule has 0 amide bonds. The normalized spacial score (nSPS) is 75.3. The van der Waals surface area contributed by atoms with Crippen LogP contribution in [0.15, 0.2) is 0 Å². The largest absolute Gasteiger partial charge is 0.0619 e. The second kappa shape index (κ2) is 0.980. The van der Waals surface area contributed by atoms with E-state index in [1.807, 2.05) is 0 Å². The summed E-state index contributed by atoms with van der Waals surface area (Å²) < 4.78 is 0. The monoisotopic (exact) mass is 122 g/mol. The molecule has 0 aromatic heterocycles. The van der Waals surface area contributed by atoms with Crippen molar-refractivity contribution < 1.29 is 0 Å². The Bertz CT molecular complexity index is 173. The van der Waals surface area contributed by atoms with Crippen LogP contribution in [0.1, 0.15) is 26.7 Å². The van der Waals surface area contributed by atoms with Crippen molar-refractivity contribution in [2.24, 2.45) is 29.1 Å². The second-order valence-electron chi connectivity index (χ2n) is 4.77. The maximum Gasteiger partial charge on any atom is -0.0289 e. The maximum absolute atomic E-state index is 2.48. The molecule has 0 bridgehead atoms. The molecule has 3 saturated carbocycles. The van der Waals surface area contributed by atoms with Gasteiger partial charge in [0, 0.05) is 0 Å². The van der Waals surface area contributed by atoms with Gasteiger partial charge in [-0.2, -0.15) is 0 Å². The third-order valence-electron chi connectivity index (χ3n) is 4.22. The molecule has 0 nitrogen and oxygen atoms in total. The van der Waals surface area contributed by atoms with Crippen LogP contribution in [0.5, 0.6) is 0 Å². The molecule has 0 N–H and O–H groups in total. The van der Waals surface area contributed by atoms with Crippen molar-refractivity contribution >= 4 is 0 Å². The highest BCUT2D eigenvalue weighted by Crippen LogP contribution is 2.78. The van der Waals surface area contributed by atoms with Crippen LogP contribution in [0.3, 0.4) is 0 Å². The predicted octanol–water partition coefficient (Wildman–Crippen LogP) is 2.30. The van der Waals surface area contributed by atoms with Crippen LogP contribution in [0.4, 0.5) is 0 Å². The number of hydrogen-bond acceptors (Lipinski definition) is 0. The Labute approximate surface area is 56.6 Å². The highest BCUT2D eigenvalue weighted by Gasteiger charge is 2.71. The van der Waals surface area contributed by atoms with Crippen LogP contribution in [-0.2, 0) is 0 Å². The zero-order valence-electron chi connectivity index (χ0n) is 6.22. The molecule has 9 heavy (non-hydrogen) atoms. The van der Waals surface area contributed by atoms with E-state index in [2.05, 4.69) is 13.8 Å². The molecule has 0 aliphatic heterocycles. The summed E-state index contributed by atoms with van der Waals surface area (Å²) in [5.41, 5.74) is 0.863. The van der Waals surface area contributed by atoms with Crippen molar-refractivity contribution in [1.82, 2.24) is 0 Å². The standard InChI is InChI=1S/C9H14/c1-5-6-3-9(2)4-7(9)8(5)6/h5-8H,3-4H2,1-2H3. The first-order chi connectivity index (χ1) is 4.22. The summed E-state index contributed by atoms with van der Waals surface area (Å²) in [4.78, 5) is 0. The predicted molar refractivity (Wildman–Crippen MR) is 37.0 cm³/mol. The Balaban J connectivity index is 1.92. The highest BCUT2D eigenvalue weighted by molar-refractivity contribution is 5.20. The highest BCUT2D eigenvalue weighted by atomic mass is 14.8. The second-order valence-corrected chi connectivity index (χ2v) is 4.77. The fourth-order valence-corrected chi connectivity index (χ4v) is 3.38. The Hall–Kier alpha value is 0. The maximum atomic E-state index is 2.48. The van der Waals surface area contributed by atoms with Gasteiger partial charge >= 0.3 is 0 Å².